The van der Waals surface area contributed by atoms with Gasteiger partial charge in [0.2, 0.25) is 5.91 Å². The molecule has 0 spiro atoms. The van der Waals surface area contributed by atoms with Crippen molar-refractivity contribution in [2.24, 2.45) is 11.3 Å². The molecular formula is C14H25NO3. The second-order valence-electron chi connectivity index (χ2n) is 5.83. The smallest absolute Gasteiger partial charge is 0.311 e. The standard InChI is InChI=1S/C14H25NO3/c1-4-7-14(13(17)18)8-9-15(10-14)12(16)6-5-11(2)3/h11H,4-10H2,1-3H3,(H,17,18). The number of likely N-dealkylation sites (tertiary alicyclic amines) is 1. The van der Waals surface area contributed by atoms with E-state index in [4.69, 9.17) is 0 Å². The van der Waals surface area contributed by atoms with Crippen molar-refractivity contribution in [2.75, 3.05) is 13.1 Å². The topological polar surface area (TPSA) is 57.6 Å². The van der Waals surface area contributed by atoms with Crippen molar-refractivity contribution in [1.29, 1.82) is 0 Å². The summed E-state index contributed by atoms with van der Waals surface area (Å²) in [5.41, 5.74) is -0.692. The highest BCUT2D eigenvalue weighted by Crippen LogP contribution is 2.35. The average Bonchev–Trinajstić information content (AvgIpc) is 2.72. The molecule has 1 aliphatic heterocycles. The highest BCUT2D eigenvalue weighted by atomic mass is 16.4. The predicted octanol–water partition coefficient (Wildman–Crippen LogP) is 2.53. The minimum atomic E-state index is -0.747. The van der Waals surface area contributed by atoms with Gasteiger partial charge in [0.15, 0.2) is 0 Å². The maximum atomic E-state index is 12.0. The second kappa shape index (κ2) is 6.21. The lowest BCUT2D eigenvalue weighted by molar-refractivity contribution is -0.149. The molecule has 0 saturated carbocycles. The Balaban J connectivity index is 2.58. The summed E-state index contributed by atoms with van der Waals surface area (Å²) in [5, 5.41) is 9.37. The fourth-order valence-electron chi connectivity index (χ4n) is 2.62. The first-order valence-electron chi connectivity index (χ1n) is 6.92. The normalized spacial score (nSPS) is 23.7. The summed E-state index contributed by atoms with van der Waals surface area (Å²) in [4.78, 5) is 25.1. The number of carbonyl (C=O) groups excluding carboxylic acids is 1. The summed E-state index contributed by atoms with van der Waals surface area (Å²) >= 11 is 0. The molecule has 0 aromatic carbocycles. The highest BCUT2D eigenvalue weighted by Gasteiger charge is 2.45. The monoisotopic (exact) mass is 255 g/mol. The Hall–Kier alpha value is -1.06. The summed E-state index contributed by atoms with van der Waals surface area (Å²) < 4.78 is 0. The molecule has 1 fully saturated rings. The van der Waals surface area contributed by atoms with Crippen molar-refractivity contribution >= 4 is 11.9 Å². The summed E-state index contributed by atoms with van der Waals surface area (Å²) in [7, 11) is 0. The number of carboxylic acids is 1. The van der Waals surface area contributed by atoms with Crippen LogP contribution in [-0.4, -0.2) is 35.0 Å². The molecule has 1 heterocycles. The van der Waals surface area contributed by atoms with E-state index in [0.717, 1.165) is 12.8 Å². The van der Waals surface area contributed by atoms with Gasteiger partial charge in [-0.15, -0.1) is 0 Å². The molecule has 0 bridgehead atoms. The number of hydrogen-bond acceptors (Lipinski definition) is 2. The molecule has 0 aromatic rings. The Morgan fingerprint density at radius 3 is 2.56 bits per heavy atom. The largest absolute Gasteiger partial charge is 0.481 e. The quantitative estimate of drug-likeness (QED) is 0.793. The molecule has 1 N–H and O–H groups in total. The van der Waals surface area contributed by atoms with Crippen molar-refractivity contribution in [2.45, 2.75) is 52.9 Å². The van der Waals surface area contributed by atoms with Crippen LogP contribution in [0.4, 0.5) is 0 Å². The Kier molecular flexibility index (Phi) is 5.17. The number of carbonyl (C=O) groups is 2. The highest BCUT2D eigenvalue weighted by molar-refractivity contribution is 5.80. The molecule has 104 valence electrons. The zero-order valence-electron chi connectivity index (χ0n) is 11.7. The van der Waals surface area contributed by atoms with Gasteiger partial charge in [0, 0.05) is 19.5 Å². The number of carboxylic acid groups (broad SMARTS) is 1. The average molecular weight is 255 g/mol. The van der Waals surface area contributed by atoms with E-state index in [0.29, 0.717) is 38.3 Å². The molecule has 4 heteroatoms. The van der Waals surface area contributed by atoms with Gasteiger partial charge in [0.1, 0.15) is 0 Å². The molecule has 4 nitrogen and oxygen atoms in total. The molecule has 1 amide bonds. The summed E-state index contributed by atoms with van der Waals surface area (Å²) in [6.45, 7) is 7.18. The van der Waals surface area contributed by atoms with Gasteiger partial charge in [0.05, 0.1) is 5.41 Å². The van der Waals surface area contributed by atoms with Gasteiger partial charge in [-0.1, -0.05) is 27.2 Å². The lowest BCUT2D eigenvalue weighted by atomic mass is 9.83. The van der Waals surface area contributed by atoms with E-state index >= 15 is 0 Å². The van der Waals surface area contributed by atoms with Crippen LogP contribution in [0.5, 0.6) is 0 Å². The maximum absolute atomic E-state index is 12.0. The molecule has 0 aromatic heterocycles. The Morgan fingerprint density at radius 1 is 1.39 bits per heavy atom. The lowest BCUT2D eigenvalue weighted by Gasteiger charge is -2.24. The van der Waals surface area contributed by atoms with Crippen LogP contribution in [0.1, 0.15) is 52.9 Å². The third-order valence-electron chi connectivity index (χ3n) is 3.82. The number of nitrogens with zero attached hydrogens (tertiary/aromatic N) is 1. The van der Waals surface area contributed by atoms with Gasteiger partial charge >= 0.3 is 5.97 Å². The van der Waals surface area contributed by atoms with E-state index in [2.05, 4.69) is 13.8 Å². The van der Waals surface area contributed by atoms with Gasteiger partial charge in [-0.3, -0.25) is 9.59 Å². The minimum Gasteiger partial charge on any atom is -0.481 e. The fraction of sp³-hybridized carbons (Fsp3) is 0.857. The van der Waals surface area contributed by atoms with Crippen molar-refractivity contribution in [3.05, 3.63) is 0 Å². The first-order valence-corrected chi connectivity index (χ1v) is 6.92. The van der Waals surface area contributed by atoms with Crippen molar-refractivity contribution in [1.82, 2.24) is 4.90 Å². The van der Waals surface area contributed by atoms with Crippen LogP contribution in [0.15, 0.2) is 0 Å². The zero-order valence-corrected chi connectivity index (χ0v) is 11.7. The predicted molar refractivity (Wildman–Crippen MR) is 70.2 cm³/mol. The molecule has 1 rings (SSSR count). The summed E-state index contributed by atoms with van der Waals surface area (Å²) in [6, 6.07) is 0. The van der Waals surface area contributed by atoms with Crippen LogP contribution >= 0.6 is 0 Å². The summed E-state index contributed by atoms with van der Waals surface area (Å²) in [6.07, 6.45) is 3.53. The minimum absolute atomic E-state index is 0.114. The van der Waals surface area contributed by atoms with Crippen molar-refractivity contribution < 1.29 is 14.7 Å². The van der Waals surface area contributed by atoms with E-state index < -0.39 is 11.4 Å². The van der Waals surface area contributed by atoms with Crippen LogP contribution in [-0.2, 0) is 9.59 Å². The molecule has 1 aliphatic rings. The molecule has 1 atom stereocenters. The van der Waals surface area contributed by atoms with Crippen LogP contribution in [0.2, 0.25) is 0 Å². The molecular weight excluding hydrogens is 230 g/mol. The SMILES string of the molecule is CCCC1(C(=O)O)CCN(C(=O)CCC(C)C)C1. The second-order valence-corrected chi connectivity index (χ2v) is 5.83. The first kappa shape index (κ1) is 15.0. The zero-order chi connectivity index (χ0) is 13.8. The van der Waals surface area contributed by atoms with E-state index in [1.54, 1.807) is 4.90 Å². The van der Waals surface area contributed by atoms with E-state index in [1.165, 1.54) is 0 Å². The molecule has 1 unspecified atom stereocenters. The number of hydrogen-bond donors (Lipinski definition) is 1. The van der Waals surface area contributed by atoms with E-state index in [-0.39, 0.29) is 5.91 Å². The lowest BCUT2D eigenvalue weighted by Crippen LogP contribution is -2.36. The summed E-state index contributed by atoms with van der Waals surface area (Å²) in [5.74, 6) is -0.122. The molecule has 1 saturated heterocycles. The van der Waals surface area contributed by atoms with E-state index in [1.807, 2.05) is 6.92 Å². The van der Waals surface area contributed by atoms with Gasteiger partial charge in [0.25, 0.3) is 0 Å². The van der Waals surface area contributed by atoms with Gasteiger partial charge < -0.3 is 10.0 Å². The third-order valence-corrected chi connectivity index (χ3v) is 3.82. The fourth-order valence-corrected chi connectivity index (χ4v) is 2.62. The van der Waals surface area contributed by atoms with Crippen molar-refractivity contribution in [3.63, 3.8) is 0 Å². The van der Waals surface area contributed by atoms with Crippen molar-refractivity contribution in [3.8, 4) is 0 Å². The Morgan fingerprint density at radius 2 is 2.06 bits per heavy atom. The molecule has 0 radical (unpaired) electrons. The number of aliphatic carboxylic acids is 1. The maximum Gasteiger partial charge on any atom is 0.311 e. The molecule has 18 heavy (non-hydrogen) atoms. The Labute approximate surface area is 109 Å². The third kappa shape index (κ3) is 3.47. The van der Waals surface area contributed by atoms with Crippen LogP contribution in [0.25, 0.3) is 0 Å². The molecule has 0 aliphatic carbocycles. The van der Waals surface area contributed by atoms with Crippen LogP contribution < -0.4 is 0 Å². The first-order chi connectivity index (χ1) is 8.41. The van der Waals surface area contributed by atoms with E-state index in [9.17, 15) is 14.7 Å². The Bertz CT molecular complexity index is 314. The van der Waals surface area contributed by atoms with Crippen LogP contribution in [0, 0.1) is 11.3 Å². The van der Waals surface area contributed by atoms with Gasteiger partial charge in [-0.2, -0.15) is 0 Å². The van der Waals surface area contributed by atoms with Gasteiger partial charge in [-0.25, -0.2) is 0 Å². The van der Waals surface area contributed by atoms with Gasteiger partial charge in [-0.05, 0) is 25.2 Å². The number of amides is 1. The number of rotatable bonds is 6. The van der Waals surface area contributed by atoms with Crippen LogP contribution in [0.3, 0.4) is 0 Å².